The Labute approximate surface area is 124 Å². The summed E-state index contributed by atoms with van der Waals surface area (Å²) in [6, 6.07) is 5.08. The number of hydrogen-bond donors (Lipinski definition) is 0. The fourth-order valence-electron chi connectivity index (χ4n) is 2.13. The summed E-state index contributed by atoms with van der Waals surface area (Å²) in [5, 5.41) is -0.857. The fraction of sp³-hybridized carbons (Fsp3) is 0.200. The molecule has 2 aromatic rings. The molecule has 0 aliphatic rings. The first-order valence-electron chi connectivity index (χ1n) is 6.09. The fourth-order valence-corrected chi connectivity index (χ4v) is 2.30. The van der Waals surface area contributed by atoms with Gasteiger partial charge in [-0.2, -0.15) is 0 Å². The lowest BCUT2D eigenvalue weighted by Gasteiger charge is -2.26. The van der Waals surface area contributed by atoms with Gasteiger partial charge in [0.05, 0.1) is 5.41 Å². The second-order valence-corrected chi connectivity index (χ2v) is 5.20. The minimum absolute atomic E-state index is 0.0415. The Morgan fingerprint density at radius 2 is 1.76 bits per heavy atom. The van der Waals surface area contributed by atoms with E-state index in [0.29, 0.717) is 5.56 Å². The second kappa shape index (κ2) is 5.85. The van der Waals surface area contributed by atoms with Crippen LogP contribution in [0.4, 0.5) is 13.2 Å². The molecule has 0 saturated carbocycles. The third kappa shape index (κ3) is 2.93. The summed E-state index contributed by atoms with van der Waals surface area (Å²) in [5.74, 6) is -4.34. The van der Waals surface area contributed by atoms with Crippen LogP contribution in [0, 0.1) is 17.5 Å². The average Bonchev–Trinajstić information content (AvgIpc) is 2.45. The number of nitrogens with zero attached hydrogens (tertiary/aromatic N) is 1. The zero-order valence-electron chi connectivity index (χ0n) is 11.0. The van der Waals surface area contributed by atoms with Crippen LogP contribution in [0.5, 0.6) is 0 Å². The van der Waals surface area contributed by atoms with E-state index in [1.807, 2.05) is 0 Å². The van der Waals surface area contributed by atoms with Crippen molar-refractivity contribution in [2.75, 3.05) is 0 Å². The molecule has 0 radical (unpaired) electrons. The van der Waals surface area contributed by atoms with Crippen molar-refractivity contribution in [2.24, 2.45) is 0 Å². The molecule has 1 unspecified atom stereocenters. The summed E-state index contributed by atoms with van der Waals surface area (Å²) in [4.78, 5) is 15.6. The van der Waals surface area contributed by atoms with Gasteiger partial charge in [-0.25, -0.2) is 13.2 Å². The van der Waals surface area contributed by atoms with Crippen molar-refractivity contribution in [3.63, 3.8) is 0 Å². The number of carbonyl (C=O) groups is 1. The van der Waals surface area contributed by atoms with Crippen molar-refractivity contribution in [3.05, 3.63) is 65.2 Å². The number of hydrogen-bond acceptors (Lipinski definition) is 2. The van der Waals surface area contributed by atoms with E-state index in [1.54, 1.807) is 12.1 Å². The van der Waals surface area contributed by atoms with Gasteiger partial charge in [-0.1, -0.05) is 6.07 Å². The zero-order chi connectivity index (χ0) is 15.6. The van der Waals surface area contributed by atoms with Gasteiger partial charge in [0.15, 0.2) is 17.5 Å². The molecule has 0 amide bonds. The molecule has 110 valence electrons. The number of benzene rings is 1. The van der Waals surface area contributed by atoms with Gasteiger partial charge in [0.2, 0.25) is 5.24 Å². The van der Waals surface area contributed by atoms with Crippen molar-refractivity contribution in [1.82, 2.24) is 4.98 Å². The average molecular weight is 314 g/mol. The SMILES string of the molecule is CC(Cc1ccncc1)(C(=O)Cl)c1ccc(F)c(F)c1F. The van der Waals surface area contributed by atoms with Crippen LogP contribution in [0.1, 0.15) is 18.1 Å². The molecule has 0 spiro atoms. The molecule has 0 bridgehead atoms. The minimum atomic E-state index is -1.62. The summed E-state index contributed by atoms with van der Waals surface area (Å²) in [6.45, 7) is 1.39. The highest BCUT2D eigenvalue weighted by molar-refractivity contribution is 6.65. The van der Waals surface area contributed by atoms with E-state index in [0.717, 1.165) is 12.1 Å². The molecule has 0 saturated heterocycles. The van der Waals surface area contributed by atoms with Crippen molar-refractivity contribution in [2.45, 2.75) is 18.8 Å². The van der Waals surface area contributed by atoms with Gasteiger partial charge in [0.25, 0.3) is 0 Å². The largest absolute Gasteiger partial charge is 0.280 e. The van der Waals surface area contributed by atoms with Gasteiger partial charge in [-0.05, 0) is 48.7 Å². The predicted octanol–water partition coefficient (Wildman–Crippen LogP) is 3.76. The molecule has 2 rings (SSSR count). The molecule has 0 fully saturated rings. The Morgan fingerprint density at radius 1 is 1.14 bits per heavy atom. The predicted molar refractivity (Wildman–Crippen MR) is 72.5 cm³/mol. The quantitative estimate of drug-likeness (QED) is 0.635. The first-order valence-corrected chi connectivity index (χ1v) is 6.47. The molecule has 6 heteroatoms. The third-order valence-corrected chi connectivity index (χ3v) is 3.79. The molecule has 0 aliphatic heterocycles. The summed E-state index contributed by atoms with van der Waals surface area (Å²) in [7, 11) is 0. The second-order valence-electron chi connectivity index (χ2n) is 4.86. The topological polar surface area (TPSA) is 30.0 Å². The monoisotopic (exact) mass is 313 g/mol. The molecule has 1 atom stereocenters. The van der Waals surface area contributed by atoms with Gasteiger partial charge in [-0.15, -0.1) is 0 Å². The Balaban J connectivity index is 2.53. The van der Waals surface area contributed by atoms with Crippen LogP contribution in [0.15, 0.2) is 36.7 Å². The van der Waals surface area contributed by atoms with Crippen LogP contribution in [0.25, 0.3) is 0 Å². The highest BCUT2D eigenvalue weighted by atomic mass is 35.5. The Morgan fingerprint density at radius 3 is 2.33 bits per heavy atom. The van der Waals surface area contributed by atoms with Crippen molar-refractivity contribution < 1.29 is 18.0 Å². The maximum atomic E-state index is 14.0. The van der Waals surface area contributed by atoms with Gasteiger partial charge in [-0.3, -0.25) is 9.78 Å². The Hall–Kier alpha value is -1.88. The van der Waals surface area contributed by atoms with E-state index < -0.39 is 28.1 Å². The van der Waals surface area contributed by atoms with E-state index in [4.69, 9.17) is 11.6 Å². The number of carbonyl (C=O) groups excluding carboxylic acids is 1. The summed E-state index contributed by atoms with van der Waals surface area (Å²) in [6.07, 6.45) is 3.06. The minimum Gasteiger partial charge on any atom is -0.280 e. The van der Waals surface area contributed by atoms with Gasteiger partial charge in [0.1, 0.15) is 0 Å². The number of aromatic nitrogens is 1. The lowest BCUT2D eigenvalue weighted by atomic mass is 9.78. The highest BCUT2D eigenvalue weighted by Gasteiger charge is 2.38. The van der Waals surface area contributed by atoms with Gasteiger partial charge >= 0.3 is 0 Å². The Kier molecular flexibility index (Phi) is 4.32. The maximum Gasteiger partial charge on any atom is 0.232 e. The summed E-state index contributed by atoms with van der Waals surface area (Å²) < 4.78 is 40.4. The molecule has 0 aliphatic carbocycles. The first-order chi connectivity index (χ1) is 9.86. The zero-order valence-corrected chi connectivity index (χ0v) is 11.8. The number of halogens is 4. The van der Waals surface area contributed by atoms with Crippen molar-refractivity contribution >= 4 is 16.8 Å². The first kappa shape index (κ1) is 15.5. The highest BCUT2D eigenvalue weighted by Crippen LogP contribution is 2.34. The molecule has 21 heavy (non-hydrogen) atoms. The third-order valence-electron chi connectivity index (χ3n) is 3.37. The molecule has 0 N–H and O–H groups in total. The molecule has 2 nitrogen and oxygen atoms in total. The maximum absolute atomic E-state index is 14.0. The van der Waals surface area contributed by atoms with E-state index in [1.165, 1.54) is 19.3 Å². The molecular weight excluding hydrogens is 303 g/mol. The van der Waals surface area contributed by atoms with E-state index in [2.05, 4.69) is 4.98 Å². The van der Waals surface area contributed by atoms with E-state index in [9.17, 15) is 18.0 Å². The van der Waals surface area contributed by atoms with Crippen molar-refractivity contribution in [3.8, 4) is 0 Å². The van der Waals surface area contributed by atoms with Gasteiger partial charge in [0, 0.05) is 18.0 Å². The van der Waals surface area contributed by atoms with Crippen LogP contribution < -0.4 is 0 Å². The normalized spacial score (nSPS) is 13.8. The van der Waals surface area contributed by atoms with E-state index in [-0.39, 0.29) is 12.0 Å². The summed E-state index contributed by atoms with van der Waals surface area (Å²) in [5.41, 5.74) is -1.12. The lowest BCUT2D eigenvalue weighted by molar-refractivity contribution is -0.116. The van der Waals surface area contributed by atoms with Crippen LogP contribution >= 0.6 is 11.6 Å². The van der Waals surface area contributed by atoms with Gasteiger partial charge < -0.3 is 0 Å². The van der Waals surface area contributed by atoms with Crippen LogP contribution in [-0.2, 0) is 16.6 Å². The Bertz CT molecular complexity index is 678. The molecule has 1 aromatic carbocycles. The molecular formula is C15H11ClF3NO. The summed E-state index contributed by atoms with van der Waals surface area (Å²) >= 11 is 5.60. The van der Waals surface area contributed by atoms with Crippen LogP contribution in [-0.4, -0.2) is 10.2 Å². The molecule has 1 aromatic heterocycles. The van der Waals surface area contributed by atoms with E-state index >= 15 is 0 Å². The standard InChI is InChI=1S/C15H11ClF3NO/c1-15(14(16)21,8-9-4-6-20-7-5-9)10-2-3-11(17)13(19)12(10)18/h2-7H,8H2,1H3. The number of pyridine rings is 1. The lowest BCUT2D eigenvalue weighted by Crippen LogP contribution is -2.33. The molecule has 1 heterocycles. The van der Waals surface area contributed by atoms with Crippen LogP contribution in [0.3, 0.4) is 0 Å². The number of rotatable bonds is 4. The van der Waals surface area contributed by atoms with Crippen molar-refractivity contribution in [1.29, 1.82) is 0 Å². The van der Waals surface area contributed by atoms with Crippen LogP contribution in [0.2, 0.25) is 0 Å². The smallest absolute Gasteiger partial charge is 0.232 e.